The molecule has 0 fully saturated rings. The maximum Gasteiger partial charge on any atom is 0.328 e. The van der Waals surface area contributed by atoms with Crippen molar-refractivity contribution in [2.24, 2.45) is 0 Å². The molecule has 0 rings (SSSR count). The SMILES string of the molecule is CCOC(=O)CCC(=O)N[C@H](C)C(=O)OC(C)(C)C. The molecular formula is C13H23NO5. The quantitative estimate of drug-likeness (QED) is 0.735. The Labute approximate surface area is 113 Å². The summed E-state index contributed by atoms with van der Waals surface area (Å²) in [5.41, 5.74) is -0.596. The minimum Gasteiger partial charge on any atom is -0.466 e. The summed E-state index contributed by atoms with van der Waals surface area (Å²) in [5.74, 6) is -1.31. The van der Waals surface area contributed by atoms with Crippen molar-refractivity contribution in [2.75, 3.05) is 6.61 Å². The van der Waals surface area contributed by atoms with Gasteiger partial charge < -0.3 is 14.8 Å². The van der Waals surface area contributed by atoms with E-state index < -0.39 is 23.6 Å². The molecular weight excluding hydrogens is 250 g/mol. The van der Waals surface area contributed by atoms with Crippen LogP contribution in [-0.4, -0.2) is 36.1 Å². The second-order valence-corrected chi connectivity index (χ2v) is 5.13. The lowest BCUT2D eigenvalue weighted by atomic mass is 10.2. The number of esters is 2. The molecule has 0 radical (unpaired) electrons. The Morgan fingerprint density at radius 1 is 1.16 bits per heavy atom. The Morgan fingerprint density at radius 3 is 2.21 bits per heavy atom. The summed E-state index contributed by atoms with van der Waals surface area (Å²) in [6, 6.07) is -0.742. The summed E-state index contributed by atoms with van der Waals surface area (Å²) in [4.78, 5) is 34.2. The van der Waals surface area contributed by atoms with E-state index in [2.05, 4.69) is 5.32 Å². The number of amides is 1. The van der Waals surface area contributed by atoms with Gasteiger partial charge >= 0.3 is 11.9 Å². The number of hydrogen-bond acceptors (Lipinski definition) is 5. The molecule has 19 heavy (non-hydrogen) atoms. The van der Waals surface area contributed by atoms with Gasteiger partial charge in [0.2, 0.25) is 5.91 Å². The van der Waals surface area contributed by atoms with Gasteiger partial charge in [-0.05, 0) is 34.6 Å². The smallest absolute Gasteiger partial charge is 0.328 e. The first-order chi connectivity index (χ1) is 8.65. The van der Waals surface area contributed by atoms with Gasteiger partial charge in [0.25, 0.3) is 0 Å². The molecule has 0 bridgehead atoms. The molecule has 0 aromatic heterocycles. The van der Waals surface area contributed by atoms with Crippen molar-refractivity contribution in [2.45, 2.75) is 59.1 Å². The van der Waals surface area contributed by atoms with E-state index in [1.807, 2.05) is 0 Å². The molecule has 0 aliphatic carbocycles. The number of hydrogen-bond donors (Lipinski definition) is 1. The van der Waals surface area contributed by atoms with E-state index in [0.29, 0.717) is 0 Å². The lowest BCUT2D eigenvalue weighted by Gasteiger charge is -2.22. The molecule has 0 spiro atoms. The summed E-state index contributed by atoms with van der Waals surface area (Å²) >= 11 is 0. The number of ether oxygens (including phenoxy) is 2. The van der Waals surface area contributed by atoms with Gasteiger partial charge in [-0.1, -0.05) is 0 Å². The Bertz CT molecular complexity index is 332. The molecule has 0 aliphatic rings. The van der Waals surface area contributed by atoms with Gasteiger partial charge in [-0.25, -0.2) is 4.79 Å². The van der Waals surface area contributed by atoms with Gasteiger partial charge in [0.05, 0.1) is 13.0 Å². The van der Waals surface area contributed by atoms with E-state index >= 15 is 0 Å². The summed E-state index contributed by atoms with van der Waals surface area (Å²) in [7, 11) is 0. The molecule has 0 unspecified atom stereocenters. The molecule has 1 amide bonds. The highest BCUT2D eigenvalue weighted by Gasteiger charge is 2.23. The van der Waals surface area contributed by atoms with E-state index in [1.54, 1.807) is 27.7 Å². The maximum absolute atomic E-state index is 11.6. The molecule has 0 saturated heterocycles. The first-order valence-electron chi connectivity index (χ1n) is 6.33. The van der Waals surface area contributed by atoms with Crippen LogP contribution in [0.4, 0.5) is 0 Å². The van der Waals surface area contributed by atoms with Crippen molar-refractivity contribution in [3.05, 3.63) is 0 Å². The lowest BCUT2D eigenvalue weighted by Crippen LogP contribution is -2.42. The second-order valence-electron chi connectivity index (χ2n) is 5.13. The zero-order valence-corrected chi connectivity index (χ0v) is 12.2. The van der Waals surface area contributed by atoms with Crippen LogP contribution in [0.1, 0.15) is 47.5 Å². The highest BCUT2D eigenvalue weighted by atomic mass is 16.6. The molecule has 0 saturated carbocycles. The minimum absolute atomic E-state index is 0.000706. The van der Waals surface area contributed by atoms with Gasteiger partial charge in [-0.15, -0.1) is 0 Å². The summed E-state index contributed by atoms with van der Waals surface area (Å²) < 4.78 is 9.82. The van der Waals surface area contributed by atoms with Gasteiger partial charge in [-0.3, -0.25) is 9.59 Å². The Morgan fingerprint density at radius 2 is 1.74 bits per heavy atom. The fourth-order valence-corrected chi connectivity index (χ4v) is 1.21. The fourth-order valence-electron chi connectivity index (χ4n) is 1.21. The van der Waals surface area contributed by atoms with Crippen LogP contribution in [-0.2, 0) is 23.9 Å². The van der Waals surface area contributed by atoms with Crippen LogP contribution in [0, 0.1) is 0 Å². The van der Waals surface area contributed by atoms with E-state index in [0.717, 1.165) is 0 Å². The maximum atomic E-state index is 11.6. The summed E-state index contributed by atoms with van der Waals surface area (Å²) in [5, 5.41) is 2.48. The largest absolute Gasteiger partial charge is 0.466 e. The molecule has 0 aromatic rings. The van der Waals surface area contributed by atoms with Gasteiger partial charge in [0.1, 0.15) is 11.6 Å². The third kappa shape index (κ3) is 9.04. The minimum atomic E-state index is -0.742. The molecule has 110 valence electrons. The van der Waals surface area contributed by atoms with Crippen molar-refractivity contribution in [3.8, 4) is 0 Å². The molecule has 1 N–H and O–H groups in total. The zero-order chi connectivity index (χ0) is 15.1. The van der Waals surface area contributed by atoms with Gasteiger partial charge in [0.15, 0.2) is 0 Å². The van der Waals surface area contributed by atoms with Crippen molar-refractivity contribution >= 4 is 17.8 Å². The second kappa shape index (κ2) is 7.76. The number of nitrogens with one attached hydrogen (secondary N) is 1. The highest BCUT2D eigenvalue weighted by molar-refractivity contribution is 5.86. The first-order valence-corrected chi connectivity index (χ1v) is 6.33. The number of carbonyl (C=O) groups is 3. The van der Waals surface area contributed by atoms with Crippen LogP contribution >= 0.6 is 0 Å². The Balaban J connectivity index is 4.05. The van der Waals surface area contributed by atoms with Crippen LogP contribution in [0.2, 0.25) is 0 Å². The third-order valence-corrected chi connectivity index (χ3v) is 2.00. The van der Waals surface area contributed by atoms with Crippen molar-refractivity contribution in [1.29, 1.82) is 0 Å². The molecule has 0 aliphatic heterocycles. The predicted octanol–water partition coefficient (Wildman–Crippen LogP) is 1.18. The predicted molar refractivity (Wildman–Crippen MR) is 69.3 cm³/mol. The Kier molecular flexibility index (Phi) is 7.11. The topological polar surface area (TPSA) is 81.7 Å². The Hall–Kier alpha value is -1.59. The van der Waals surface area contributed by atoms with Crippen molar-refractivity contribution in [1.82, 2.24) is 5.32 Å². The summed E-state index contributed by atoms with van der Waals surface area (Å²) in [6.45, 7) is 8.77. The normalized spacial score (nSPS) is 12.5. The monoisotopic (exact) mass is 273 g/mol. The van der Waals surface area contributed by atoms with Gasteiger partial charge in [0, 0.05) is 6.42 Å². The highest BCUT2D eigenvalue weighted by Crippen LogP contribution is 2.08. The van der Waals surface area contributed by atoms with Crippen LogP contribution in [0.25, 0.3) is 0 Å². The third-order valence-electron chi connectivity index (χ3n) is 2.00. The standard InChI is InChI=1S/C13H23NO5/c1-6-18-11(16)8-7-10(15)14-9(2)12(17)19-13(3,4)5/h9H,6-8H2,1-5H3,(H,14,15)/t9-/m1/s1. The van der Waals surface area contributed by atoms with E-state index in [4.69, 9.17) is 9.47 Å². The fraction of sp³-hybridized carbons (Fsp3) is 0.769. The van der Waals surface area contributed by atoms with Crippen molar-refractivity contribution in [3.63, 3.8) is 0 Å². The molecule has 0 aromatic carbocycles. The van der Waals surface area contributed by atoms with Gasteiger partial charge in [-0.2, -0.15) is 0 Å². The van der Waals surface area contributed by atoms with Crippen LogP contribution in [0.15, 0.2) is 0 Å². The van der Waals surface area contributed by atoms with Crippen LogP contribution in [0.3, 0.4) is 0 Å². The molecule has 6 heteroatoms. The summed E-state index contributed by atoms with van der Waals surface area (Å²) in [6.07, 6.45) is -0.00726. The van der Waals surface area contributed by atoms with E-state index in [-0.39, 0.29) is 25.4 Å². The van der Waals surface area contributed by atoms with Crippen molar-refractivity contribution < 1.29 is 23.9 Å². The van der Waals surface area contributed by atoms with E-state index in [1.165, 1.54) is 6.92 Å². The number of carbonyl (C=O) groups excluding carboxylic acids is 3. The average Bonchev–Trinajstić information content (AvgIpc) is 2.24. The first kappa shape index (κ1) is 17.4. The average molecular weight is 273 g/mol. The van der Waals surface area contributed by atoms with E-state index in [9.17, 15) is 14.4 Å². The zero-order valence-electron chi connectivity index (χ0n) is 12.2. The van der Waals surface area contributed by atoms with Crippen LogP contribution < -0.4 is 5.32 Å². The lowest BCUT2D eigenvalue weighted by molar-refractivity contribution is -0.158. The molecule has 1 atom stereocenters. The molecule has 6 nitrogen and oxygen atoms in total. The van der Waals surface area contributed by atoms with Crippen LogP contribution in [0.5, 0.6) is 0 Å². The molecule has 0 heterocycles. The number of rotatable bonds is 6.